The van der Waals surface area contributed by atoms with Crippen molar-refractivity contribution in [3.63, 3.8) is 0 Å². The third-order valence-corrected chi connectivity index (χ3v) is 3.19. The van der Waals surface area contributed by atoms with E-state index in [2.05, 4.69) is 4.98 Å². The predicted octanol–water partition coefficient (Wildman–Crippen LogP) is 2.01. The van der Waals surface area contributed by atoms with E-state index < -0.39 is 0 Å². The third kappa shape index (κ3) is 3.72. The van der Waals surface area contributed by atoms with Gasteiger partial charge in [-0.25, -0.2) is 0 Å². The summed E-state index contributed by atoms with van der Waals surface area (Å²) in [6.07, 6.45) is 3.80. The van der Waals surface area contributed by atoms with E-state index in [1.54, 1.807) is 17.0 Å². The van der Waals surface area contributed by atoms with Crippen LogP contribution in [0.4, 0.5) is 5.69 Å². The Labute approximate surface area is 123 Å². The van der Waals surface area contributed by atoms with Gasteiger partial charge in [-0.2, -0.15) is 0 Å². The van der Waals surface area contributed by atoms with Gasteiger partial charge in [-0.15, -0.1) is 0 Å². The summed E-state index contributed by atoms with van der Waals surface area (Å²) in [7, 11) is 0. The molecule has 5 nitrogen and oxygen atoms in total. The van der Waals surface area contributed by atoms with Crippen LogP contribution in [0.5, 0.6) is 0 Å². The van der Waals surface area contributed by atoms with Gasteiger partial charge in [0.15, 0.2) is 5.43 Å². The second-order valence-electron chi connectivity index (χ2n) is 4.89. The number of nitrogens with one attached hydrogen (secondary N) is 1. The van der Waals surface area contributed by atoms with Crippen molar-refractivity contribution in [2.45, 2.75) is 19.9 Å². The first-order valence-corrected chi connectivity index (χ1v) is 6.92. The van der Waals surface area contributed by atoms with Crippen LogP contribution in [0.25, 0.3) is 0 Å². The molecule has 1 aromatic heterocycles. The number of carbonyl (C=O) groups is 1. The number of amides is 1. The maximum Gasteiger partial charge on any atom is 0.259 e. The summed E-state index contributed by atoms with van der Waals surface area (Å²) >= 11 is 0. The number of anilines is 1. The van der Waals surface area contributed by atoms with Crippen LogP contribution in [-0.2, 0) is 6.54 Å². The van der Waals surface area contributed by atoms with Crippen LogP contribution in [0.2, 0.25) is 0 Å². The third-order valence-electron chi connectivity index (χ3n) is 3.19. The number of nitrogen functional groups attached to an aromatic ring is 1. The largest absolute Gasteiger partial charge is 0.399 e. The molecule has 2 rings (SSSR count). The maximum atomic E-state index is 12.5. The molecule has 1 aromatic carbocycles. The number of pyridine rings is 1. The fourth-order valence-corrected chi connectivity index (χ4v) is 2.12. The van der Waals surface area contributed by atoms with E-state index in [9.17, 15) is 9.59 Å². The summed E-state index contributed by atoms with van der Waals surface area (Å²) in [4.78, 5) is 28.8. The molecule has 0 saturated carbocycles. The highest BCUT2D eigenvalue weighted by molar-refractivity contribution is 5.93. The first-order chi connectivity index (χ1) is 10.1. The van der Waals surface area contributed by atoms with Crippen LogP contribution in [0, 0.1) is 0 Å². The number of H-pyrrole nitrogens is 1. The first-order valence-electron chi connectivity index (χ1n) is 6.92. The quantitative estimate of drug-likeness (QED) is 0.825. The Bertz CT molecular complexity index is 662. The van der Waals surface area contributed by atoms with Crippen molar-refractivity contribution in [2.75, 3.05) is 12.3 Å². The lowest BCUT2D eigenvalue weighted by Crippen LogP contribution is -2.34. The molecule has 0 aliphatic rings. The van der Waals surface area contributed by atoms with Gasteiger partial charge < -0.3 is 15.6 Å². The minimum atomic E-state index is -0.267. The Morgan fingerprint density at radius 3 is 2.57 bits per heavy atom. The number of nitrogens with two attached hydrogens (primary N) is 1. The molecule has 2 aromatic rings. The zero-order valence-electron chi connectivity index (χ0n) is 12.0. The smallest absolute Gasteiger partial charge is 0.259 e. The van der Waals surface area contributed by atoms with Gasteiger partial charge in [0, 0.05) is 37.2 Å². The van der Waals surface area contributed by atoms with Gasteiger partial charge in [-0.3, -0.25) is 9.59 Å². The van der Waals surface area contributed by atoms with Crippen molar-refractivity contribution in [2.24, 2.45) is 0 Å². The van der Waals surface area contributed by atoms with Gasteiger partial charge in [0.05, 0.1) is 0 Å². The first kappa shape index (κ1) is 14.8. The monoisotopic (exact) mass is 285 g/mol. The number of aromatic nitrogens is 1. The average molecular weight is 285 g/mol. The number of aromatic amines is 1. The fraction of sp³-hybridized carbons (Fsp3) is 0.250. The number of hydrogen-bond donors (Lipinski definition) is 2. The summed E-state index contributed by atoms with van der Waals surface area (Å²) < 4.78 is 0. The van der Waals surface area contributed by atoms with Crippen LogP contribution in [0.15, 0.2) is 47.5 Å². The Morgan fingerprint density at radius 2 is 1.95 bits per heavy atom. The van der Waals surface area contributed by atoms with Gasteiger partial charge in [0.1, 0.15) is 5.56 Å². The lowest BCUT2D eigenvalue weighted by atomic mass is 10.1. The topological polar surface area (TPSA) is 79.2 Å². The van der Waals surface area contributed by atoms with E-state index >= 15 is 0 Å². The van der Waals surface area contributed by atoms with Gasteiger partial charge in [-0.1, -0.05) is 19.1 Å². The highest BCUT2D eigenvalue weighted by Crippen LogP contribution is 2.11. The molecular weight excluding hydrogens is 266 g/mol. The molecule has 0 bridgehead atoms. The van der Waals surface area contributed by atoms with Gasteiger partial charge in [-0.05, 0) is 24.1 Å². The number of nitrogens with zero attached hydrogens (tertiary/aromatic N) is 1. The molecule has 5 heteroatoms. The Kier molecular flexibility index (Phi) is 4.77. The van der Waals surface area contributed by atoms with Crippen molar-refractivity contribution in [3.8, 4) is 0 Å². The molecule has 0 aliphatic heterocycles. The van der Waals surface area contributed by atoms with E-state index in [4.69, 9.17) is 5.73 Å². The lowest BCUT2D eigenvalue weighted by molar-refractivity contribution is 0.0741. The molecule has 3 N–H and O–H groups in total. The van der Waals surface area contributed by atoms with Crippen molar-refractivity contribution in [1.82, 2.24) is 9.88 Å². The van der Waals surface area contributed by atoms with Gasteiger partial charge in [0.25, 0.3) is 5.91 Å². The number of rotatable bonds is 5. The van der Waals surface area contributed by atoms with E-state index in [1.165, 1.54) is 18.5 Å². The maximum absolute atomic E-state index is 12.5. The molecular formula is C16H19N3O2. The molecule has 21 heavy (non-hydrogen) atoms. The van der Waals surface area contributed by atoms with Crippen molar-refractivity contribution < 1.29 is 4.79 Å². The zero-order chi connectivity index (χ0) is 15.2. The molecule has 0 spiro atoms. The molecule has 0 unspecified atom stereocenters. The molecule has 0 radical (unpaired) electrons. The van der Waals surface area contributed by atoms with Crippen LogP contribution < -0.4 is 11.2 Å². The van der Waals surface area contributed by atoms with Crippen molar-refractivity contribution in [3.05, 3.63) is 64.1 Å². The Hall–Kier alpha value is -2.56. The number of benzene rings is 1. The molecule has 0 aliphatic carbocycles. The van der Waals surface area contributed by atoms with E-state index in [0.717, 1.165) is 12.0 Å². The molecule has 0 saturated heterocycles. The summed E-state index contributed by atoms with van der Waals surface area (Å²) in [5.74, 6) is -0.254. The zero-order valence-corrected chi connectivity index (χ0v) is 12.0. The molecule has 1 heterocycles. The van der Waals surface area contributed by atoms with Crippen LogP contribution in [0.3, 0.4) is 0 Å². The summed E-state index contributed by atoms with van der Waals surface area (Å²) in [6, 6.07) is 8.75. The summed E-state index contributed by atoms with van der Waals surface area (Å²) in [5, 5.41) is 0. The fourth-order valence-electron chi connectivity index (χ4n) is 2.12. The summed E-state index contributed by atoms with van der Waals surface area (Å²) in [6.45, 7) is 3.05. The Balaban J connectivity index is 2.22. The van der Waals surface area contributed by atoms with Crippen molar-refractivity contribution in [1.29, 1.82) is 0 Å². The second kappa shape index (κ2) is 6.74. The van der Waals surface area contributed by atoms with Gasteiger partial charge in [0.2, 0.25) is 0 Å². The highest BCUT2D eigenvalue weighted by atomic mass is 16.2. The van der Waals surface area contributed by atoms with E-state index in [1.807, 2.05) is 19.1 Å². The highest BCUT2D eigenvalue weighted by Gasteiger charge is 2.17. The van der Waals surface area contributed by atoms with E-state index in [0.29, 0.717) is 18.8 Å². The Morgan fingerprint density at radius 1 is 1.24 bits per heavy atom. The standard InChI is InChI=1S/C16H19N3O2/c1-2-9-19(11-12-3-5-13(17)6-4-12)16(21)14-10-18-8-7-15(14)20/h3-8,10H,2,9,11,17H2,1H3,(H,18,20). The SMILES string of the molecule is CCCN(Cc1ccc(N)cc1)C(=O)c1c[nH]ccc1=O. The van der Waals surface area contributed by atoms with Crippen molar-refractivity contribution >= 4 is 11.6 Å². The second-order valence-corrected chi connectivity index (χ2v) is 4.89. The number of carbonyl (C=O) groups excluding carboxylic acids is 1. The molecule has 1 amide bonds. The normalized spacial score (nSPS) is 10.3. The van der Waals surface area contributed by atoms with Crippen LogP contribution in [-0.4, -0.2) is 22.3 Å². The average Bonchev–Trinajstić information content (AvgIpc) is 2.49. The molecule has 110 valence electrons. The van der Waals surface area contributed by atoms with Crippen LogP contribution >= 0.6 is 0 Å². The van der Waals surface area contributed by atoms with Crippen LogP contribution in [0.1, 0.15) is 29.3 Å². The van der Waals surface area contributed by atoms with Gasteiger partial charge >= 0.3 is 0 Å². The molecule has 0 atom stereocenters. The summed E-state index contributed by atoms with van der Waals surface area (Å²) in [5.41, 5.74) is 7.23. The lowest BCUT2D eigenvalue weighted by Gasteiger charge is -2.22. The molecule has 0 fully saturated rings. The van der Waals surface area contributed by atoms with E-state index in [-0.39, 0.29) is 16.9 Å². The number of hydrogen-bond acceptors (Lipinski definition) is 3. The minimum Gasteiger partial charge on any atom is -0.399 e. The predicted molar refractivity (Wildman–Crippen MR) is 82.9 cm³/mol. The minimum absolute atomic E-state index is 0.168.